The Kier molecular flexibility index (Phi) is 6.06. The van der Waals surface area contributed by atoms with Crippen molar-refractivity contribution in [3.05, 3.63) is 53.2 Å². The van der Waals surface area contributed by atoms with E-state index in [1.165, 1.54) is 26.4 Å². The first-order valence-electron chi connectivity index (χ1n) is 8.59. The highest BCUT2D eigenvalue weighted by Gasteiger charge is 2.17. The molecule has 0 atom stereocenters. The summed E-state index contributed by atoms with van der Waals surface area (Å²) in [6, 6.07) is 10.9. The van der Waals surface area contributed by atoms with Crippen LogP contribution in [0.2, 0.25) is 5.02 Å². The van der Waals surface area contributed by atoms with Gasteiger partial charge in [-0.15, -0.1) is 0 Å². The fourth-order valence-corrected chi connectivity index (χ4v) is 3.10. The number of methoxy groups -OCH3 is 2. The first-order valence-corrected chi connectivity index (χ1v) is 8.97. The normalized spacial score (nSPS) is 10.5. The summed E-state index contributed by atoms with van der Waals surface area (Å²) in [6.45, 7) is 0.329. The number of hydrogen-bond acceptors (Lipinski definition) is 4. The molecule has 2 aromatic carbocycles. The zero-order valence-corrected chi connectivity index (χ0v) is 16.2. The number of benzene rings is 2. The van der Waals surface area contributed by atoms with Crippen molar-refractivity contribution in [2.75, 3.05) is 26.1 Å². The lowest BCUT2D eigenvalue weighted by atomic mass is 10.1. The van der Waals surface area contributed by atoms with Crippen LogP contribution in [0.25, 0.3) is 10.9 Å². The van der Waals surface area contributed by atoms with Crippen LogP contribution in [0.5, 0.6) is 11.5 Å². The van der Waals surface area contributed by atoms with Crippen molar-refractivity contribution < 1.29 is 19.1 Å². The minimum atomic E-state index is -0.804. The summed E-state index contributed by atoms with van der Waals surface area (Å²) in [5.41, 5.74) is 2.39. The fraction of sp³-hybridized carbons (Fsp3) is 0.200. The van der Waals surface area contributed by atoms with Gasteiger partial charge < -0.3 is 25.1 Å². The van der Waals surface area contributed by atoms with E-state index in [1.807, 2.05) is 30.5 Å². The van der Waals surface area contributed by atoms with E-state index < -0.39 is 11.8 Å². The molecule has 3 N–H and O–H groups in total. The van der Waals surface area contributed by atoms with E-state index >= 15 is 0 Å². The van der Waals surface area contributed by atoms with Crippen molar-refractivity contribution in [1.29, 1.82) is 0 Å². The van der Waals surface area contributed by atoms with Gasteiger partial charge in [-0.2, -0.15) is 0 Å². The van der Waals surface area contributed by atoms with Gasteiger partial charge in [0.1, 0.15) is 11.5 Å². The number of aromatic nitrogens is 1. The van der Waals surface area contributed by atoms with Crippen molar-refractivity contribution in [2.24, 2.45) is 0 Å². The lowest BCUT2D eigenvalue weighted by Crippen LogP contribution is -2.36. The average Bonchev–Trinajstić information content (AvgIpc) is 3.12. The molecule has 0 bridgehead atoms. The molecule has 3 aromatic rings. The molecule has 0 spiro atoms. The standard InChI is InChI=1S/C20H20ClN3O4/c1-27-17-10-16(18(28-2)9-14(17)21)24-20(26)19(25)22-8-7-12-11-23-15-6-4-3-5-13(12)15/h3-6,9-11,23H,7-8H2,1-2H3,(H,22,25)(H,24,26). The van der Waals surface area contributed by atoms with E-state index in [0.29, 0.717) is 35.2 Å². The summed E-state index contributed by atoms with van der Waals surface area (Å²) in [4.78, 5) is 27.5. The van der Waals surface area contributed by atoms with Crippen LogP contribution in [-0.4, -0.2) is 37.6 Å². The second-order valence-corrected chi connectivity index (χ2v) is 6.41. The predicted octanol–water partition coefficient (Wildman–Crippen LogP) is 3.14. The number of carbonyl (C=O) groups excluding carboxylic acids is 2. The Labute approximate surface area is 167 Å². The lowest BCUT2D eigenvalue weighted by Gasteiger charge is -2.13. The number of rotatable bonds is 6. The van der Waals surface area contributed by atoms with Gasteiger partial charge in [-0.1, -0.05) is 29.8 Å². The van der Waals surface area contributed by atoms with Crippen LogP contribution in [0.15, 0.2) is 42.6 Å². The zero-order valence-electron chi connectivity index (χ0n) is 15.5. The number of anilines is 1. The molecular formula is C20H20ClN3O4. The Morgan fingerprint density at radius 2 is 1.82 bits per heavy atom. The monoisotopic (exact) mass is 401 g/mol. The number of para-hydroxylation sites is 1. The summed E-state index contributed by atoms with van der Waals surface area (Å²) in [6.07, 6.45) is 2.50. The van der Waals surface area contributed by atoms with Crippen LogP contribution in [0.3, 0.4) is 0 Å². The molecule has 0 aliphatic heterocycles. The second-order valence-electron chi connectivity index (χ2n) is 6.01. The van der Waals surface area contributed by atoms with Crippen LogP contribution < -0.4 is 20.1 Å². The quantitative estimate of drug-likeness (QED) is 0.553. The Hall–Kier alpha value is -3.19. The highest BCUT2D eigenvalue weighted by Crippen LogP contribution is 2.35. The summed E-state index contributed by atoms with van der Waals surface area (Å²) < 4.78 is 10.3. The number of aromatic amines is 1. The summed E-state index contributed by atoms with van der Waals surface area (Å²) in [7, 11) is 2.89. The molecule has 0 saturated heterocycles. The van der Waals surface area contributed by atoms with E-state index in [9.17, 15) is 9.59 Å². The molecule has 0 aliphatic carbocycles. The number of ether oxygens (including phenoxy) is 2. The van der Waals surface area contributed by atoms with Crippen molar-refractivity contribution in [3.63, 3.8) is 0 Å². The molecule has 0 radical (unpaired) electrons. The van der Waals surface area contributed by atoms with Gasteiger partial charge in [0, 0.05) is 35.8 Å². The molecule has 0 saturated carbocycles. The van der Waals surface area contributed by atoms with Crippen LogP contribution in [-0.2, 0) is 16.0 Å². The van der Waals surface area contributed by atoms with Crippen LogP contribution >= 0.6 is 11.6 Å². The summed E-state index contributed by atoms with van der Waals surface area (Å²) >= 11 is 6.04. The topological polar surface area (TPSA) is 92.5 Å². The van der Waals surface area contributed by atoms with Crippen LogP contribution in [0, 0.1) is 0 Å². The number of carbonyl (C=O) groups is 2. The highest BCUT2D eigenvalue weighted by molar-refractivity contribution is 6.40. The third-order valence-electron chi connectivity index (χ3n) is 4.28. The summed E-state index contributed by atoms with van der Waals surface area (Å²) in [5.74, 6) is -0.860. The Bertz CT molecular complexity index is 1020. The predicted molar refractivity (Wildman–Crippen MR) is 108 cm³/mol. The SMILES string of the molecule is COc1cc(NC(=O)C(=O)NCCc2c[nH]c3ccccc23)c(OC)cc1Cl. The number of nitrogens with one attached hydrogen (secondary N) is 3. The van der Waals surface area contributed by atoms with E-state index in [0.717, 1.165) is 16.5 Å². The molecule has 146 valence electrons. The Balaban J connectivity index is 1.60. The number of fused-ring (bicyclic) bond motifs is 1. The molecule has 1 heterocycles. The second kappa shape index (κ2) is 8.67. The highest BCUT2D eigenvalue weighted by atomic mass is 35.5. The number of hydrogen-bond donors (Lipinski definition) is 3. The van der Waals surface area contributed by atoms with Crippen LogP contribution in [0.4, 0.5) is 5.69 Å². The van der Waals surface area contributed by atoms with Crippen molar-refractivity contribution in [2.45, 2.75) is 6.42 Å². The van der Waals surface area contributed by atoms with Gasteiger partial charge in [0.2, 0.25) is 0 Å². The van der Waals surface area contributed by atoms with Gasteiger partial charge in [-0.25, -0.2) is 0 Å². The number of halogens is 1. The maximum atomic E-state index is 12.2. The minimum absolute atomic E-state index is 0.292. The molecule has 0 fully saturated rings. The fourth-order valence-electron chi connectivity index (χ4n) is 2.87. The molecule has 3 rings (SSSR count). The van der Waals surface area contributed by atoms with Gasteiger partial charge in [-0.05, 0) is 18.1 Å². The molecule has 1 aromatic heterocycles. The van der Waals surface area contributed by atoms with E-state index in [4.69, 9.17) is 21.1 Å². The number of amides is 2. The minimum Gasteiger partial charge on any atom is -0.495 e. The van der Waals surface area contributed by atoms with E-state index in [-0.39, 0.29) is 0 Å². The lowest BCUT2D eigenvalue weighted by molar-refractivity contribution is -0.136. The molecule has 0 aliphatic rings. The maximum absolute atomic E-state index is 12.2. The molecule has 8 heteroatoms. The first kappa shape index (κ1) is 19.6. The molecule has 28 heavy (non-hydrogen) atoms. The maximum Gasteiger partial charge on any atom is 0.313 e. The smallest absolute Gasteiger partial charge is 0.313 e. The molecular weight excluding hydrogens is 382 g/mol. The molecule has 2 amide bonds. The third kappa shape index (κ3) is 4.20. The van der Waals surface area contributed by atoms with Crippen molar-refractivity contribution in [3.8, 4) is 11.5 Å². The zero-order chi connectivity index (χ0) is 20.1. The van der Waals surface area contributed by atoms with Crippen LogP contribution in [0.1, 0.15) is 5.56 Å². The largest absolute Gasteiger partial charge is 0.495 e. The van der Waals surface area contributed by atoms with E-state index in [1.54, 1.807) is 0 Å². The van der Waals surface area contributed by atoms with Crippen molar-refractivity contribution in [1.82, 2.24) is 10.3 Å². The van der Waals surface area contributed by atoms with Gasteiger partial charge in [0.05, 0.1) is 24.9 Å². The van der Waals surface area contributed by atoms with Crippen molar-refractivity contribution >= 4 is 40.0 Å². The molecule has 0 unspecified atom stereocenters. The first-order chi connectivity index (χ1) is 13.5. The summed E-state index contributed by atoms with van der Waals surface area (Å²) in [5, 5.41) is 6.57. The average molecular weight is 402 g/mol. The van der Waals surface area contributed by atoms with E-state index in [2.05, 4.69) is 15.6 Å². The van der Waals surface area contributed by atoms with Gasteiger partial charge in [0.25, 0.3) is 0 Å². The van der Waals surface area contributed by atoms with Gasteiger partial charge in [-0.3, -0.25) is 9.59 Å². The van der Waals surface area contributed by atoms with Gasteiger partial charge >= 0.3 is 11.8 Å². The Morgan fingerprint density at radius 1 is 1.07 bits per heavy atom. The number of H-pyrrole nitrogens is 1. The Morgan fingerprint density at radius 3 is 2.57 bits per heavy atom. The van der Waals surface area contributed by atoms with Gasteiger partial charge in [0.15, 0.2) is 0 Å². The molecule has 7 nitrogen and oxygen atoms in total. The third-order valence-corrected chi connectivity index (χ3v) is 4.58.